The molecule has 1 atom stereocenters. The van der Waals surface area contributed by atoms with Crippen LogP contribution in [0.2, 0.25) is 0 Å². The van der Waals surface area contributed by atoms with Gasteiger partial charge < -0.3 is 5.11 Å². The summed E-state index contributed by atoms with van der Waals surface area (Å²) < 4.78 is 0. The average molecular weight is 180 g/mol. The SMILES string of the molecule is CCC(C(=O)O)c1cnc(C)cn1. The van der Waals surface area contributed by atoms with Crippen LogP contribution in [0.3, 0.4) is 0 Å². The molecule has 1 heterocycles. The molecule has 4 nitrogen and oxygen atoms in total. The van der Waals surface area contributed by atoms with E-state index < -0.39 is 11.9 Å². The standard InChI is InChI=1S/C9H12N2O2/c1-3-7(9(12)13)8-5-10-6(2)4-11-8/h4-5,7H,3H2,1-2H3,(H,12,13). The van der Waals surface area contributed by atoms with E-state index in [1.54, 1.807) is 6.20 Å². The second-order valence-electron chi connectivity index (χ2n) is 2.88. The number of hydrogen-bond acceptors (Lipinski definition) is 3. The number of nitrogens with zero attached hydrogens (tertiary/aromatic N) is 2. The van der Waals surface area contributed by atoms with Gasteiger partial charge in [0.15, 0.2) is 0 Å². The highest BCUT2D eigenvalue weighted by molar-refractivity contribution is 5.75. The summed E-state index contributed by atoms with van der Waals surface area (Å²) in [4.78, 5) is 18.8. The lowest BCUT2D eigenvalue weighted by Crippen LogP contribution is -2.12. The molecule has 1 aromatic rings. The highest BCUT2D eigenvalue weighted by Crippen LogP contribution is 2.16. The molecule has 0 saturated carbocycles. The zero-order chi connectivity index (χ0) is 9.84. The van der Waals surface area contributed by atoms with Crippen molar-refractivity contribution < 1.29 is 9.90 Å². The molecule has 0 spiro atoms. The molecule has 0 fully saturated rings. The van der Waals surface area contributed by atoms with Gasteiger partial charge in [0.1, 0.15) is 5.92 Å². The van der Waals surface area contributed by atoms with Gasteiger partial charge in [0, 0.05) is 12.4 Å². The van der Waals surface area contributed by atoms with Crippen LogP contribution in [-0.4, -0.2) is 21.0 Å². The molecule has 4 heteroatoms. The topological polar surface area (TPSA) is 63.1 Å². The summed E-state index contributed by atoms with van der Waals surface area (Å²) in [6.07, 6.45) is 3.64. The maximum atomic E-state index is 10.7. The molecule has 1 N–H and O–H groups in total. The third kappa shape index (κ3) is 2.24. The Kier molecular flexibility index (Phi) is 2.95. The van der Waals surface area contributed by atoms with Crippen molar-refractivity contribution in [2.75, 3.05) is 0 Å². The fourth-order valence-corrected chi connectivity index (χ4v) is 1.09. The Morgan fingerprint density at radius 2 is 2.23 bits per heavy atom. The van der Waals surface area contributed by atoms with Gasteiger partial charge in [0.2, 0.25) is 0 Å². The van der Waals surface area contributed by atoms with Gasteiger partial charge in [-0.3, -0.25) is 14.8 Å². The largest absolute Gasteiger partial charge is 0.481 e. The van der Waals surface area contributed by atoms with Crippen molar-refractivity contribution in [2.45, 2.75) is 26.2 Å². The predicted molar refractivity (Wildman–Crippen MR) is 47.4 cm³/mol. The molecule has 13 heavy (non-hydrogen) atoms. The van der Waals surface area contributed by atoms with Gasteiger partial charge in [-0.1, -0.05) is 6.92 Å². The first-order valence-corrected chi connectivity index (χ1v) is 4.16. The predicted octanol–water partition coefficient (Wildman–Crippen LogP) is 1.36. The number of aliphatic carboxylic acids is 1. The lowest BCUT2D eigenvalue weighted by Gasteiger charge is -2.07. The van der Waals surface area contributed by atoms with E-state index in [0.29, 0.717) is 12.1 Å². The van der Waals surface area contributed by atoms with E-state index in [4.69, 9.17) is 5.11 Å². The molecule has 0 aromatic carbocycles. The molecule has 1 rings (SSSR count). The molecule has 0 aliphatic carbocycles. The van der Waals surface area contributed by atoms with Crippen LogP contribution in [0.4, 0.5) is 0 Å². The number of rotatable bonds is 3. The van der Waals surface area contributed by atoms with Gasteiger partial charge in [-0.15, -0.1) is 0 Å². The number of carboxylic acid groups (broad SMARTS) is 1. The molecule has 70 valence electrons. The molecule has 1 aromatic heterocycles. The summed E-state index contributed by atoms with van der Waals surface area (Å²) in [5.41, 5.74) is 1.32. The lowest BCUT2D eigenvalue weighted by molar-refractivity contribution is -0.138. The van der Waals surface area contributed by atoms with Crippen LogP contribution < -0.4 is 0 Å². The Labute approximate surface area is 76.7 Å². The van der Waals surface area contributed by atoms with E-state index in [0.717, 1.165) is 5.69 Å². The Morgan fingerprint density at radius 3 is 2.62 bits per heavy atom. The minimum Gasteiger partial charge on any atom is -0.481 e. The minimum absolute atomic E-state index is 0.528. The summed E-state index contributed by atoms with van der Waals surface area (Å²) in [7, 11) is 0. The van der Waals surface area contributed by atoms with E-state index in [1.165, 1.54) is 6.20 Å². The molecule has 0 amide bonds. The molecule has 0 aliphatic heterocycles. The molecular formula is C9H12N2O2. The molecule has 0 aliphatic rings. The van der Waals surface area contributed by atoms with Crippen molar-refractivity contribution in [1.82, 2.24) is 9.97 Å². The first-order chi connectivity index (χ1) is 6.15. The van der Waals surface area contributed by atoms with Crippen LogP contribution in [0.15, 0.2) is 12.4 Å². The summed E-state index contributed by atoms with van der Waals surface area (Å²) in [5, 5.41) is 8.83. The fraction of sp³-hybridized carbons (Fsp3) is 0.444. The first-order valence-electron chi connectivity index (χ1n) is 4.16. The van der Waals surface area contributed by atoms with Crippen LogP contribution in [-0.2, 0) is 4.79 Å². The third-order valence-electron chi connectivity index (χ3n) is 1.86. The van der Waals surface area contributed by atoms with Crippen molar-refractivity contribution in [2.24, 2.45) is 0 Å². The van der Waals surface area contributed by atoms with Crippen LogP contribution in [0.25, 0.3) is 0 Å². The molecular weight excluding hydrogens is 168 g/mol. The van der Waals surface area contributed by atoms with E-state index in [2.05, 4.69) is 9.97 Å². The van der Waals surface area contributed by atoms with Gasteiger partial charge in [0.05, 0.1) is 11.4 Å². The van der Waals surface area contributed by atoms with Crippen molar-refractivity contribution in [3.05, 3.63) is 23.8 Å². The highest BCUT2D eigenvalue weighted by Gasteiger charge is 2.18. The summed E-state index contributed by atoms with van der Waals surface area (Å²) in [6.45, 7) is 3.64. The van der Waals surface area contributed by atoms with Crippen LogP contribution in [0.1, 0.15) is 30.7 Å². The van der Waals surface area contributed by atoms with Gasteiger partial charge in [-0.2, -0.15) is 0 Å². The Bertz CT molecular complexity index is 295. The van der Waals surface area contributed by atoms with Gasteiger partial charge in [-0.05, 0) is 13.3 Å². The van der Waals surface area contributed by atoms with Crippen molar-refractivity contribution in [3.63, 3.8) is 0 Å². The normalized spacial score (nSPS) is 12.5. The smallest absolute Gasteiger partial charge is 0.312 e. The second-order valence-corrected chi connectivity index (χ2v) is 2.88. The minimum atomic E-state index is -0.847. The lowest BCUT2D eigenvalue weighted by atomic mass is 10.0. The summed E-state index contributed by atoms with van der Waals surface area (Å²) >= 11 is 0. The first kappa shape index (κ1) is 9.64. The van der Waals surface area contributed by atoms with E-state index in [1.807, 2.05) is 13.8 Å². The Morgan fingerprint density at radius 1 is 1.54 bits per heavy atom. The van der Waals surface area contributed by atoms with E-state index in [-0.39, 0.29) is 0 Å². The van der Waals surface area contributed by atoms with Gasteiger partial charge in [0.25, 0.3) is 0 Å². The summed E-state index contributed by atoms with van der Waals surface area (Å²) in [5.74, 6) is -1.38. The zero-order valence-electron chi connectivity index (χ0n) is 7.69. The average Bonchev–Trinajstić information content (AvgIpc) is 2.09. The number of carbonyl (C=O) groups is 1. The van der Waals surface area contributed by atoms with Crippen molar-refractivity contribution in [1.29, 1.82) is 0 Å². The van der Waals surface area contributed by atoms with E-state index >= 15 is 0 Å². The third-order valence-corrected chi connectivity index (χ3v) is 1.86. The fourth-order valence-electron chi connectivity index (χ4n) is 1.09. The molecule has 0 bridgehead atoms. The number of hydrogen-bond donors (Lipinski definition) is 1. The summed E-state index contributed by atoms with van der Waals surface area (Å²) in [6, 6.07) is 0. The Hall–Kier alpha value is -1.45. The van der Waals surface area contributed by atoms with Crippen LogP contribution in [0.5, 0.6) is 0 Å². The molecule has 0 saturated heterocycles. The Balaban J connectivity index is 2.92. The second kappa shape index (κ2) is 3.98. The number of aromatic nitrogens is 2. The van der Waals surface area contributed by atoms with Crippen molar-refractivity contribution >= 4 is 5.97 Å². The zero-order valence-corrected chi connectivity index (χ0v) is 7.69. The quantitative estimate of drug-likeness (QED) is 0.762. The van der Waals surface area contributed by atoms with Gasteiger partial charge in [-0.25, -0.2) is 0 Å². The number of carboxylic acids is 1. The van der Waals surface area contributed by atoms with Gasteiger partial charge >= 0.3 is 5.97 Å². The van der Waals surface area contributed by atoms with E-state index in [9.17, 15) is 4.79 Å². The van der Waals surface area contributed by atoms with Crippen LogP contribution in [0, 0.1) is 6.92 Å². The highest BCUT2D eigenvalue weighted by atomic mass is 16.4. The maximum Gasteiger partial charge on any atom is 0.312 e. The molecule has 1 unspecified atom stereocenters. The monoisotopic (exact) mass is 180 g/mol. The maximum absolute atomic E-state index is 10.7. The molecule has 0 radical (unpaired) electrons. The van der Waals surface area contributed by atoms with Crippen LogP contribution >= 0.6 is 0 Å². The van der Waals surface area contributed by atoms with Crippen molar-refractivity contribution in [3.8, 4) is 0 Å². The number of aryl methyl sites for hydroxylation is 1.